The van der Waals surface area contributed by atoms with Crippen LogP contribution in [0.4, 0.5) is 10.2 Å². The standard InChI is InChI=1S/C30H35ClFN3O3/c1-20(2)38-30(36)25-7-6-15-33-29(25)34(3)23-14-16-35(19-23)18-21-10-11-22(28(17-21)37-4)12-13-24-26(31)8-5-9-27(24)32/h5-11,15,17,20,23H,12-14,16,18-19H2,1-4H3/t23-/m0/s1. The molecule has 0 radical (unpaired) electrons. The highest BCUT2D eigenvalue weighted by atomic mass is 35.5. The van der Waals surface area contributed by atoms with Crippen LogP contribution in [0.2, 0.25) is 5.02 Å². The van der Waals surface area contributed by atoms with Gasteiger partial charge in [0.15, 0.2) is 0 Å². The van der Waals surface area contributed by atoms with Gasteiger partial charge in [-0.05, 0) is 74.6 Å². The van der Waals surface area contributed by atoms with Crippen molar-refractivity contribution in [2.24, 2.45) is 0 Å². The Bertz CT molecular complexity index is 1250. The number of carbonyl (C=O) groups is 1. The Balaban J connectivity index is 1.39. The maximum atomic E-state index is 14.2. The third-order valence-corrected chi connectivity index (χ3v) is 7.30. The molecule has 3 aromatic rings. The van der Waals surface area contributed by atoms with E-state index >= 15 is 0 Å². The quantitative estimate of drug-likeness (QED) is 0.297. The number of anilines is 1. The van der Waals surface area contributed by atoms with Gasteiger partial charge in [0.05, 0.1) is 13.2 Å². The van der Waals surface area contributed by atoms with Crippen LogP contribution in [0.1, 0.15) is 47.3 Å². The summed E-state index contributed by atoms with van der Waals surface area (Å²) < 4.78 is 25.3. The zero-order valence-electron chi connectivity index (χ0n) is 22.4. The predicted octanol–water partition coefficient (Wildman–Crippen LogP) is 5.94. The predicted molar refractivity (Wildman–Crippen MR) is 149 cm³/mol. The lowest BCUT2D eigenvalue weighted by Gasteiger charge is -2.27. The molecular formula is C30H35ClFN3O3. The molecule has 0 bridgehead atoms. The first-order valence-electron chi connectivity index (χ1n) is 13.0. The second-order valence-corrected chi connectivity index (χ2v) is 10.4. The van der Waals surface area contributed by atoms with Crippen LogP contribution in [0, 0.1) is 5.82 Å². The Hall–Kier alpha value is -3.16. The molecule has 4 rings (SSSR count). The van der Waals surface area contributed by atoms with Crippen LogP contribution < -0.4 is 9.64 Å². The number of carbonyl (C=O) groups excluding carboxylic acids is 1. The summed E-state index contributed by atoms with van der Waals surface area (Å²) in [5.74, 6) is 0.807. The van der Waals surface area contributed by atoms with Gasteiger partial charge >= 0.3 is 5.97 Å². The second kappa shape index (κ2) is 12.6. The Morgan fingerprint density at radius 2 is 2.03 bits per heavy atom. The van der Waals surface area contributed by atoms with Crippen molar-refractivity contribution in [3.8, 4) is 5.75 Å². The van der Waals surface area contributed by atoms with E-state index in [1.807, 2.05) is 20.9 Å². The van der Waals surface area contributed by atoms with Crippen molar-refractivity contribution in [2.45, 2.75) is 51.8 Å². The average molecular weight is 540 g/mol. The van der Waals surface area contributed by atoms with Crippen molar-refractivity contribution in [3.63, 3.8) is 0 Å². The first-order valence-corrected chi connectivity index (χ1v) is 13.3. The lowest BCUT2D eigenvalue weighted by atomic mass is 10.0. The lowest BCUT2D eigenvalue weighted by molar-refractivity contribution is 0.0378. The molecule has 8 heteroatoms. The van der Waals surface area contributed by atoms with Crippen LogP contribution in [-0.4, -0.2) is 55.2 Å². The Labute approximate surface area is 229 Å². The second-order valence-electron chi connectivity index (χ2n) is 9.96. The van der Waals surface area contributed by atoms with Crippen LogP contribution in [0.5, 0.6) is 5.75 Å². The first kappa shape index (κ1) is 27.9. The average Bonchev–Trinajstić information content (AvgIpc) is 3.36. The van der Waals surface area contributed by atoms with E-state index in [0.29, 0.717) is 34.8 Å². The Morgan fingerprint density at radius 3 is 2.76 bits per heavy atom. The number of aryl methyl sites for hydroxylation is 1. The number of methoxy groups -OCH3 is 1. The molecule has 0 unspecified atom stereocenters. The highest BCUT2D eigenvalue weighted by Crippen LogP contribution is 2.28. The molecular weight excluding hydrogens is 505 g/mol. The molecule has 0 aliphatic carbocycles. The van der Waals surface area contributed by atoms with Gasteiger partial charge in [-0.1, -0.05) is 29.8 Å². The maximum Gasteiger partial charge on any atom is 0.342 e. The van der Waals surface area contributed by atoms with Crippen molar-refractivity contribution in [3.05, 3.63) is 87.8 Å². The fraction of sp³-hybridized carbons (Fsp3) is 0.400. The number of likely N-dealkylation sites (N-methyl/N-ethyl adjacent to an activating group) is 1. The van der Waals surface area contributed by atoms with E-state index < -0.39 is 0 Å². The van der Waals surface area contributed by atoms with Gasteiger partial charge < -0.3 is 14.4 Å². The third kappa shape index (κ3) is 6.63. The molecule has 2 aromatic carbocycles. The minimum Gasteiger partial charge on any atom is -0.496 e. The summed E-state index contributed by atoms with van der Waals surface area (Å²) >= 11 is 6.20. The Kier molecular flexibility index (Phi) is 9.23. The minimum absolute atomic E-state index is 0.191. The normalized spacial score (nSPS) is 15.6. The van der Waals surface area contributed by atoms with Crippen molar-refractivity contribution in [2.75, 3.05) is 32.1 Å². The van der Waals surface area contributed by atoms with Gasteiger partial charge in [0, 0.05) is 49.5 Å². The smallest absolute Gasteiger partial charge is 0.342 e. The number of rotatable bonds is 10. The summed E-state index contributed by atoms with van der Waals surface area (Å²) in [4.78, 5) is 21.6. The molecule has 0 spiro atoms. The first-order chi connectivity index (χ1) is 18.3. The number of nitrogens with zero attached hydrogens (tertiary/aromatic N) is 3. The molecule has 0 N–H and O–H groups in total. The van der Waals surface area contributed by atoms with Crippen LogP contribution in [-0.2, 0) is 24.1 Å². The van der Waals surface area contributed by atoms with E-state index in [0.717, 1.165) is 42.9 Å². The molecule has 0 saturated carbocycles. The molecule has 0 amide bonds. The zero-order chi connectivity index (χ0) is 27.2. The van der Waals surface area contributed by atoms with Crippen LogP contribution in [0.25, 0.3) is 0 Å². The molecule has 1 aliphatic heterocycles. The molecule has 1 fully saturated rings. The zero-order valence-corrected chi connectivity index (χ0v) is 23.2. The number of halogens is 2. The molecule has 1 atom stereocenters. The molecule has 1 aromatic heterocycles. The highest BCUT2D eigenvalue weighted by molar-refractivity contribution is 6.31. The lowest BCUT2D eigenvalue weighted by Crippen LogP contribution is -2.36. The number of pyridine rings is 1. The van der Waals surface area contributed by atoms with Crippen molar-refractivity contribution >= 4 is 23.4 Å². The minimum atomic E-state index is -0.353. The van der Waals surface area contributed by atoms with Crippen LogP contribution in [0.3, 0.4) is 0 Å². The number of hydrogen-bond acceptors (Lipinski definition) is 6. The molecule has 6 nitrogen and oxygen atoms in total. The van der Waals surface area contributed by atoms with Gasteiger partial charge in [0.2, 0.25) is 0 Å². The maximum absolute atomic E-state index is 14.2. The largest absolute Gasteiger partial charge is 0.496 e. The van der Waals surface area contributed by atoms with Gasteiger partial charge in [-0.25, -0.2) is 14.2 Å². The van der Waals surface area contributed by atoms with Crippen molar-refractivity contribution in [1.82, 2.24) is 9.88 Å². The van der Waals surface area contributed by atoms with Gasteiger partial charge in [0.1, 0.15) is 22.9 Å². The van der Waals surface area contributed by atoms with E-state index in [-0.39, 0.29) is 23.9 Å². The summed E-state index contributed by atoms with van der Waals surface area (Å²) in [5, 5.41) is 0.448. The fourth-order valence-corrected chi connectivity index (χ4v) is 5.20. The Morgan fingerprint density at radius 1 is 1.21 bits per heavy atom. The van der Waals surface area contributed by atoms with Crippen LogP contribution in [0.15, 0.2) is 54.7 Å². The van der Waals surface area contributed by atoms with Crippen molar-refractivity contribution < 1.29 is 18.7 Å². The summed E-state index contributed by atoms with van der Waals surface area (Å²) in [6.45, 7) is 6.25. The van der Waals surface area contributed by atoms with E-state index in [2.05, 4.69) is 33.0 Å². The van der Waals surface area contributed by atoms with E-state index in [1.54, 1.807) is 37.6 Å². The van der Waals surface area contributed by atoms with Gasteiger partial charge in [-0.3, -0.25) is 4.90 Å². The van der Waals surface area contributed by atoms with Gasteiger partial charge in [-0.15, -0.1) is 0 Å². The number of benzene rings is 2. The molecule has 202 valence electrons. The number of ether oxygens (including phenoxy) is 2. The fourth-order valence-electron chi connectivity index (χ4n) is 4.94. The summed E-state index contributed by atoms with van der Waals surface area (Å²) in [5.41, 5.74) is 3.18. The van der Waals surface area contributed by atoms with E-state index in [9.17, 15) is 9.18 Å². The van der Waals surface area contributed by atoms with Gasteiger partial charge in [-0.2, -0.15) is 0 Å². The molecule has 1 saturated heterocycles. The van der Waals surface area contributed by atoms with Crippen molar-refractivity contribution in [1.29, 1.82) is 0 Å². The van der Waals surface area contributed by atoms with E-state index in [4.69, 9.17) is 21.1 Å². The van der Waals surface area contributed by atoms with Crippen LogP contribution >= 0.6 is 11.6 Å². The summed E-state index contributed by atoms with van der Waals surface area (Å²) in [6, 6.07) is 14.8. The number of aromatic nitrogens is 1. The molecule has 1 aliphatic rings. The topological polar surface area (TPSA) is 54.9 Å². The number of likely N-dealkylation sites (tertiary alicyclic amines) is 1. The monoisotopic (exact) mass is 539 g/mol. The number of hydrogen-bond donors (Lipinski definition) is 0. The molecule has 38 heavy (non-hydrogen) atoms. The summed E-state index contributed by atoms with van der Waals surface area (Å²) in [7, 11) is 3.65. The van der Waals surface area contributed by atoms with E-state index in [1.165, 1.54) is 6.07 Å². The van der Waals surface area contributed by atoms with Gasteiger partial charge in [0.25, 0.3) is 0 Å². The highest BCUT2D eigenvalue weighted by Gasteiger charge is 2.29. The third-order valence-electron chi connectivity index (χ3n) is 6.94. The molecule has 2 heterocycles. The number of esters is 1. The SMILES string of the molecule is COc1cc(CN2CC[C@H](N(C)c3ncccc3C(=O)OC(C)C)C2)ccc1CCc1c(F)cccc1Cl. The summed E-state index contributed by atoms with van der Waals surface area (Å²) in [6.07, 6.45) is 3.61.